The van der Waals surface area contributed by atoms with E-state index in [1.807, 2.05) is 30.3 Å². The van der Waals surface area contributed by atoms with Crippen molar-refractivity contribution in [3.63, 3.8) is 0 Å². The first-order valence-corrected chi connectivity index (χ1v) is 9.19. The minimum Gasteiger partial charge on any atom is -0.479 e. The van der Waals surface area contributed by atoms with Gasteiger partial charge in [-0.25, -0.2) is 4.79 Å². The van der Waals surface area contributed by atoms with Gasteiger partial charge in [-0.15, -0.1) is 11.8 Å². The Kier molecular flexibility index (Phi) is 5.50. The standard InChI is InChI=1S/C18H18N2O6S/c1-10(21)26-8-12-9-27-17-14(16(23)20(17)15(12)18(24)25)19-13(22)7-11-5-3-2-4-6-11/h2-6,9,14-15,17H,7-8H2,1H3,(H,19,22)(H,24,25)/t14?,15?,17-/m1/s1. The Bertz CT molecular complexity index is 809. The van der Waals surface area contributed by atoms with Gasteiger partial charge < -0.3 is 20.1 Å². The summed E-state index contributed by atoms with van der Waals surface area (Å²) >= 11 is 1.23. The lowest BCUT2D eigenvalue weighted by Gasteiger charge is -2.51. The third-order valence-electron chi connectivity index (χ3n) is 4.27. The molecule has 2 amide bonds. The van der Waals surface area contributed by atoms with Gasteiger partial charge in [0.15, 0.2) is 6.04 Å². The van der Waals surface area contributed by atoms with Crippen LogP contribution in [-0.4, -0.2) is 57.8 Å². The van der Waals surface area contributed by atoms with Crippen LogP contribution < -0.4 is 5.32 Å². The number of hydrogen-bond donors (Lipinski definition) is 2. The molecule has 1 saturated heterocycles. The first-order valence-electron chi connectivity index (χ1n) is 8.24. The third kappa shape index (κ3) is 3.97. The third-order valence-corrected chi connectivity index (χ3v) is 5.49. The number of nitrogens with one attached hydrogen (secondary N) is 1. The number of benzene rings is 1. The van der Waals surface area contributed by atoms with Crippen molar-refractivity contribution >= 4 is 35.5 Å². The van der Waals surface area contributed by atoms with Crippen LogP contribution in [0.1, 0.15) is 12.5 Å². The molecule has 9 heteroatoms. The summed E-state index contributed by atoms with van der Waals surface area (Å²) in [6.07, 6.45) is 0.137. The fourth-order valence-electron chi connectivity index (χ4n) is 3.02. The van der Waals surface area contributed by atoms with Crippen LogP contribution in [0.4, 0.5) is 0 Å². The van der Waals surface area contributed by atoms with E-state index in [1.54, 1.807) is 5.41 Å². The zero-order valence-corrected chi connectivity index (χ0v) is 15.3. The van der Waals surface area contributed by atoms with Crippen molar-refractivity contribution in [1.29, 1.82) is 0 Å². The molecule has 1 aromatic rings. The second kappa shape index (κ2) is 7.83. The van der Waals surface area contributed by atoms with Gasteiger partial charge in [0.2, 0.25) is 11.8 Å². The quantitative estimate of drug-likeness (QED) is 0.538. The average Bonchev–Trinajstić information content (AvgIpc) is 2.64. The monoisotopic (exact) mass is 390 g/mol. The second-order valence-electron chi connectivity index (χ2n) is 6.19. The number of amides is 2. The molecule has 2 aliphatic heterocycles. The Morgan fingerprint density at radius 1 is 1.26 bits per heavy atom. The summed E-state index contributed by atoms with van der Waals surface area (Å²) in [5.74, 6) is -2.51. The fourth-order valence-corrected chi connectivity index (χ4v) is 4.23. The van der Waals surface area contributed by atoms with Gasteiger partial charge in [-0.05, 0) is 11.0 Å². The Labute approximate surface area is 159 Å². The summed E-state index contributed by atoms with van der Waals surface area (Å²) in [7, 11) is 0. The maximum atomic E-state index is 12.5. The number of ether oxygens (including phenoxy) is 1. The number of esters is 1. The number of β-lactam (4-membered cyclic amide) rings is 1. The number of aliphatic carboxylic acids is 1. The Balaban J connectivity index is 1.67. The number of carbonyl (C=O) groups is 4. The SMILES string of the molecule is CC(=O)OCC1=CS[C@@H]2C(NC(=O)Cc3ccccc3)C(=O)N2C1C(=O)O. The Morgan fingerprint density at radius 2 is 1.96 bits per heavy atom. The van der Waals surface area contributed by atoms with Crippen molar-refractivity contribution in [3.8, 4) is 0 Å². The molecule has 2 heterocycles. The molecule has 0 spiro atoms. The van der Waals surface area contributed by atoms with Gasteiger partial charge in [0, 0.05) is 12.5 Å². The molecule has 0 saturated carbocycles. The predicted molar refractivity (Wildman–Crippen MR) is 96.4 cm³/mol. The number of fused-ring (bicyclic) bond motifs is 1. The smallest absolute Gasteiger partial charge is 0.330 e. The van der Waals surface area contributed by atoms with Crippen LogP contribution in [0.15, 0.2) is 41.3 Å². The number of carboxylic acid groups (broad SMARTS) is 1. The zero-order valence-electron chi connectivity index (χ0n) is 14.5. The highest BCUT2D eigenvalue weighted by atomic mass is 32.2. The molecule has 1 fully saturated rings. The van der Waals surface area contributed by atoms with E-state index in [9.17, 15) is 24.3 Å². The van der Waals surface area contributed by atoms with Crippen LogP contribution in [0.25, 0.3) is 0 Å². The lowest BCUT2D eigenvalue weighted by Crippen LogP contribution is -2.74. The molecule has 0 aliphatic carbocycles. The van der Waals surface area contributed by atoms with Gasteiger partial charge in [-0.2, -0.15) is 0 Å². The maximum absolute atomic E-state index is 12.5. The number of thioether (sulfide) groups is 1. The van der Waals surface area contributed by atoms with Gasteiger partial charge in [-0.3, -0.25) is 14.4 Å². The van der Waals surface area contributed by atoms with Crippen molar-refractivity contribution in [2.24, 2.45) is 0 Å². The van der Waals surface area contributed by atoms with Gasteiger partial charge >= 0.3 is 11.9 Å². The molecule has 1 aromatic carbocycles. The molecule has 3 atom stereocenters. The van der Waals surface area contributed by atoms with Crippen molar-refractivity contribution < 1.29 is 29.0 Å². The van der Waals surface area contributed by atoms with Crippen molar-refractivity contribution in [1.82, 2.24) is 10.2 Å². The van der Waals surface area contributed by atoms with E-state index in [-0.39, 0.29) is 18.9 Å². The number of carboxylic acids is 1. The van der Waals surface area contributed by atoms with Gasteiger partial charge in [-0.1, -0.05) is 30.3 Å². The molecule has 2 unspecified atom stereocenters. The van der Waals surface area contributed by atoms with E-state index in [0.29, 0.717) is 5.57 Å². The van der Waals surface area contributed by atoms with Crippen molar-refractivity contribution in [2.45, 2.75) is 30.8 Å². The normalized spacial score (nSPS) is 23.6. The molecular formula is C18H18N2O6S. The molecular weight excluding hydrogens is 372 g/mol. The van der Waals surface area contributed by atoms with E-state index >= 15 is 0 Å². The fraction of sp³-hybridized carbons (Fsp3) is 0.333. The minimum atomic E-state index is -1.21. The molecule has 0 bridgehead atoms. The summed E-state index contributed by atoms with van der Waals surface area (Å²) < 4.78 is 4.87. The van der Waals surface area contributed by atoms with E-state index in [0.717, 1.165) is 5.56 Å². The molecule has 0 aromatic heterocycles. The summed E-state index contributed by atoms with van der Waals surface area (Å²) in [5.41, 5.74) is 1.14. The highest BCUT2D eigenvalue weighted by molar-refractivity contribution is 8.02. The number of rotatable bonds is 6. The lowest BCUT2D eigenvalue weighted by molar-refractivity contribution is -0.160. The summed E-state index contributed by atoms with van der Waals surface area (Å²) in [6, 6.07) is 7.14. The van der Waals surface area contributed by atoms with E-state index in [4.69, 9.17) is 4.74 Å². The lowest BCUT2D eigenvalue weighted by atomic mass is 9.98. The van der Waals surface area contributed by atoms with Crippen LogP contribution in [0.3, 0.4) is 0 Å². The van der Waals surface area contributed by atoms with E-state index in [2.05, 4.69) is 5.32 Å². The number of nitrogens with zero attached hydrogens (tertiary/aromatic N) is 1. The van der Waals surface area contributed by atoms with Gasteiger partial charge in [0.25, 0.3) is 0 Å². The maximum Gasteiger partial charge on any atom is 0.330 e. The predicted octanol–water partition coefficient (Wildman–Crippen LogP) is 0.529. The van der Waals surface area contributed by atoms with Crippen molar-refractivity contribution in [3.05, 3.63) is 46.9 Å². The van der Waals surface area contributed by atoms with Crippen molar-refractivity contribution in [2.75, 3.05) is 6.61 Å². The van der Waals surface area contributed by atoms with E-state index in [1.165, 1.54) is 23.6 Å². The highest BCUT2D eigenvalue weighted by Gasteiger charge is 2.55. The molecule has 8 nitrogen and oxygen atoms in total. The Morgan fingerprint density at radius 3 is 2.59 bits per heavy atom. The molecule has 3 rings (SSSR count). The topological polar surface area (TPSA) is 113 Å². The van der Waals surface area contributed by atoms with Gasteiger partial charge in [0.05, 0.1) is 6.42 Å². The highest BCUT2D eigenvalue weighted by Crippen LogP contribution is 2.40. The largest absolute Gasteiger partial charge is 0.479 e. The molecule has 2 N–H and O–H groups in total. The van der Waals surface area contributed by atoms with Gasteiger partial charge in [0.1, 0.15) is 18.0 Å². The summed E-state index contributed by atoms with van der Waals surface area (Å²) in [6.45, 7) is 1.03. The average molecular weight is 390 g/mol. The summed E-state index contributed by atoms with van der Waals surface area (Å²) in [4.78, 5) is 48.5. The van der Waals surface area contributed by atoms with Crippen LogP contribution in [0, 0.1) is 0 Å². The second-order valence-corrected chi connectivity index (χ2v) is 7.18. The molecule has 2 aliphatic rings. The van der Waals surface area contributed by atoms with E-state index < -0.39 is 35.3 Å². The number of hydrogen-bond acceptors (Lipinski definition) is 6. The molecule has 0 radical (unpaired) electrons. The first kappa shape index (κ1) is 19.0. The summed E-state index contributed by atoms with van der Waals surface area (Å²) in [5, 5.41) is 13.3. The molecule has 27 heavy (non-hydrogen) atoms. The minimum absolute atomic E-state index is 0.137. The molecule has 142 valence electrons. The van der Waals surface area contributed by atoms with Crippen LogP contribution >= 0.6 is 11.8 Å². The van der Waals surface area contributed by atoms with Crippen LogP contribution in [0.5, 0.6) is 0 Å². The number of carbonyl (C=O) groups excluding carboxylic acids is 3. The van der Waals surface area contributed by atoms with Crippen LogP contribution in [0.2, 0.25) is 0 Å². The Hall–Kier alpha value is -2.81. The zero-order chi connectivity index (χ0) is 19.6. The first-order chi connectivity index (χ1) is 12.9. The van der Waals surface area contributed by atoms with Crippen LogP contribution in [-0.2, 0) is 30.3 Å².